The van der Waals surface area contributed by atoms with E-state index >= 15 is 0 Å². The topological polar surface area (TPSA) is 78.4 Å². The maximum absolute atomic E-state index is 6.27. The monoisotopic (exact) mass is 396 g/mol. The summed E-state index contributed by atoms with van der Waals surface area (Å²) in [6.45, 7) is 2.48. The number of thioether (sulfide) groups is 1. The molecule has 1 aliphatic heterocycles. The van der Waals surface area contributed by atoms with Crippen LogP contribution in [0.25, 0.3) is 11.3 Å². The van der Waals surface area contributed by atoms with Crippen molar-refractivity contribution >= 4 is 17.4 Å². The lowest BCUT2D eigenvalue weighted by Gasteiger charge is -2.22. The van der Waals surface area contributed by atoms with Gasteiger partial charge in [-0.25, -0.2) is 0 Å². The van der Waals surface area contributed by atoms with Crippen molar-refractivity contribution in [2.45, 2.75) is 18.3 Å². The minimum Gasteiger partial charge on any atom is -0.492 e. The average Bonchev–Trinajstić information content (AvgIpc) is 2.90. The number of methoxy groups -OCH3 is 1. The molecular weight excluding hydrogens is 376 g/mol. The zero-order valence-corrected chi connectivity index (χ0v) is 16.6. The van der Waals surface area contributed by atoms with Gasteiger partial charge in [0.25, 0.3) is 0 Å². The average molecular weight is 396 g/mol. The molecule has 0 fully saturated rings. The number of anilines is 1. The maximum atomic E-state index is 6.27. The van der Waals surface area contributed by atoms with Gasteiger partial charge in [0.05, 0.1) is 19.3 Å². The van der Waals surface area contributed by atoms with Gasteiger partial charge in [0.15, 0.2) is 17.2 Å². The third-order valence-corrected chi connectivity index (χ3v) is 4.85. The summed E-state index contributed by atoms with van der Waals surface area (Å²) in [5.41, 5.74) is 3.17. The SMILES string of the molecule is CCOc1cccc([C@H]2Nc3ccccc3-c3nnc(SC)nc3O2)c1OC. The Kier molecular flexibility index (Phi) is 5.21. The Morgan fingerprint density at radius 1 is 1.14 bits per heavy atom. The summed E-state index contributed by atoms with van der Waals surface area (Å²) in [6.07, 6.45) is 1.36. The van der Waals surface area contributed by atoms with Crippen LogP contribution in [0, 0.1) is 0 Å². The second kappa shape index (κ2) is 7.93. The van der Waals surface area contributed by atoms with Crippen molar-refractivity contribution in [2.75, 3.05) is 25.3 Å². The summed E-state index contributed by atoms with van der Waals surface area (Å²) in [4.78, 5) is 4.54. The van der Waals surface area contributed by atoms with Gasteiger partial charge in [-0.2, -0.15) is 4.98 Å². The molecule has 0 saturated carbocycles. The van der Waals surface area contributed by atoms with Crippen molar-refractivity contribution in [3.05, 3.63) is 48.0 Å². The maximum Gasteiger partial charge on any atom is 0.247 e. The number of nitrogens with one attached hydrogen (secondary N) is 1. The van der Waals surface area contributed by atoms with Crippen molar-refractivity contribution in [1.29, 1.82) is 0 Å². The van der Waals surface area contributed by atoms with Gasteiger partial charge >= 0.3 is 0 Å². The first kappa shape index (κ1) is 18.4. The fourth-order valence-electron chi connectivity index (χ4n) is 3.10. The largest absolute Gasteiger partial charge is 0.492 e. The molecule has 1 atom stereocenters. The number of hydrogen-bond donors (Lipinski definition) is 1. The molecule has 0 aliphatic carbocycles. The number of nitrogens with zero attached hydrogens (tertiary/aromatic N) is 3. The summed E-state index contributed by atoms with van der Waals surface area (Å²) in [5.74, 6) is 1.71. The summed E-state index contributed by atoms with van der Waals surface area (Å²) < 4.78 is 17.6. The first-order valence-electron chi connectivity index (χ1n) is 8.86. The lowest BCUT2D eigenvalue weighted by molar-refractivity contribution is 0.217. The minimum absolute atomic E-state index is 0.422. The molecule has 0 bridgehead atoms. The molecule has 7 nitrogen and oxygen atoms in total. The van der Waals surface area contributed by atoms with Crippen molar-refractivity contribution in [1.82, 2.24) is 15.2 Å². The van der Waals surface area contributed by atoms with Gasteiger partial charge in [0.1, 0.15) is 0 Å². The van der Waals surface area contributed by atoms with E-state index in [0.29, 0.717) is 34.8 Å². The van der Waals surface area contributed by atoms with E-state index in [1.165, 1.54) is 11.8 Å². The fraction of sp³-hybridized carbons (Fsp3) is 0.250. The van der Waals surface area contributed by atoms with E-state index in [-0.39, 0.29) is 0 Å². The third-order valence-electron chi connectivity index (χ3n) is 4.31. The molecule has 0 saturated heterocycles. The summed E-state index contributed by atoms with van der Waals surface area (Å²) >= 11 is 1.41. The van der Waals surface area contributed by atoms with Crippen molar-refractivity contribution in [3.8, 4) is 28.6 Å². The lowest BCUT2D eigenvalue weighted by atomic mass is 10.1. The van der Waals surface area contributed by atoms with E-state index in [4.69, 9.17) is 14.2 Å². The van der Waals surface area contributed by atoms with Gasteiger partial charge in [-0.3, -0.25) is 0 Å². The van der Waals surface area contributed by atoms with Crippen LogP contribution >= 0.6 is 11.8 Å². The number of fused-ring (bicyclic) bond motifs is 3. The molecule has 0 spiro atoms. The van der Waals surface area contributed by atoms with Crippen LogP contribution < -0.4 is 19.5 Å². The highest BCUT2D eigenvalue weighted by molar-refractivity contribution is 7.98. The normalized spacial score (nSPS) is 14.8. The van der Waals surface area contributed by atoms with Crippen LogP contribution in [-0.2, 0) is 0 Å². The Morgan fingerprint density at radius 2 is 2.00 bits per heavy atom. The van der Waals surface area contributed by atoms with E-state index in [9.17, 15) is 0 Å². The molecule has 1 aliphatic rings. The van der Waals surface area contributed by atoms with Crippen LogP contribution in [0.3, 0.4) is 0 Å². The number of hydrogen-bond acceptors (Lipinski definition) is 8. The lowest BCUT2D eigenvalue weighted by Crippen LogP contribution is -2.18. The molecule has 144 valence electrons. The Balaban J connectivity index is 1.86. The number of para-hydroxylation sites is 2. The predicted molar refractivity (Wildman–Crippen MR) is 108 cm³/mol. The summed E-state index contributed by atoms with van der Waals surface area (Å²) in [7, 11) is 1.62. The summed E-state index contributed by atoms with van der Waals surface area (Å²) in [6, 6.07) is 13.6. The molecule has 0 unspecified atom stereocenters. The number of benzene rings is 2. The van der Waals surface area contributed by atoms with Crippen molar-refractivity contribution in [2.24, 2.45) is 0 Å². The van der Waals surface area contributed by atoms with E-state index in [0.717, 1.165) is 16.8 Å². The highest BCUT2D eigenvalue weighted by Crippen LogP contribution is 2.42. The van der Waals surface area contributed by atoms with Gasteiger partial charge in [0, 0.05) is 11.3 Å². The number of aromatic nitrogens is 3. The van der Waals surface area contributed by atoms with Crippen LogP contribution in [0.1, 0.15) is 18.7 Å². The smallest absolute Gasteiger partial charge is 0.247 e. The molecule has 0 radical (unpaired) electrons. The van der Waals surface area contributed by atoms with E-state index in [1.807, 2.05) is 55.6 Å². The van der Waals surface area contributed by atoms with Crippen LogP contribution in [0.4, 0.5) is 5.69 Å². The standard InChI is InChI=1S/C20H20N4O3S/c1-4-26-15-11-7-9-13(17(15)25-2)18-21-14-10-6-5-8-12(14)16-19(27-18)22-20(28-3)24-23-16/h5-11,18,21H,4H2,1-3H3/t18-/m0/s1. The van der Waals surface area contributed by atoms with Crippen LogP contribution in [0.15, 0.2) is 47.6 Å². The second-order valence-corrected chi connectivity index (χ2v) is 6.73. The molecule has 1 N–H and O–H groups in total. The minimum atomic E-state index is -0.538. The Labute approximate surface area is 167 Å². The quantitative estimate of drug-likeness (QED) is 0.644. The Bertz CT molecular complexity index is 999. The van der Waals surface area contributed by atoms with Gasteiger partial charge < -0.3 is 19.5 Å². The first-order valence-corrected chi connectivity index (χ1v) is 10.1. The second-order valence-electron chi connectivity index (χ2n) is 5.95. The molecule has 3 aromatic rings. The molecular formula is C20H20N4O3S. The summed E-state index contributed by atoms with van der Waals surface area (Å²) in [5, 5.41) is 12.5. The highest BCUT2D eigenvalue weighted by Gasteiger charge is 2.28. The van der Waals surface area contributed by atoms with Gasteiger partial charge in [-0.1, -0.05) is 36.0 Å². The fourth-order valence-corrected chi connectivity index (χ4v) is 3.40. The molecule has 8 heteroatoms. The molecule has 28 heavy (non-hydrogen) atoms. The van der Waals surface area contributed by atoms with Crippen molar-refractivity contribution in [3.63, 3.8) is 0 Å². The number of rotatable bonds is 5. The van der Waals surface area contributed by atoms with Crippen LogP contribution in [0.2, 0.25) is 0 Å². The predicted octanol–water partition coefficient (Wildman–Crippen LogP) is 4.17. The molecule has 4 rings (SSSR count). The van der Waals surface area contributed by atoms with Crippen molar-refractivity contribution < 1.29 is 14.2 Å². The molecule has 2 heterocycles. The van der Waals surface area contributed by atoms with E-state index < -0.39 is 6.23 Å². The van der Waals surface area contributed by atoms with Gasteiger partial charge in [0.2, 0.25) is 17.3 Å². The van der Waals surface area contributed by atoms with Crippen LogP contribution in [-0.4, -0.2) is 35.2 Å². The molecule has 0 amide bonds. The van der Waals surface area contributed by atoms with Crippen LogP contribution in [0.5, 0.6) is 17.4 Å². The first-order chi connectivity index (χ1) is 13.7. The zero-order chi connectivity index (χ0) is 19.5. The van der Waals surface area contributed by atoms with Gasteiger partial charge in [-0.15, -0.1) is 10.2 Å². The van der Waals surface area contributed by atoms with E-state index in [1.54, 1.807) is 7.11 Å². The highest BCUT2D eigenvalue weighted by atomic mass is 32.2. The zero-order valence-electron chi connectivity index (χ0n) is 15.8. The Morgan fingerprint density at radius 3 is 2.79 bits per heavy atom. The molecule has 1 aromatic heterocycles. The third kappa shape index (κ3) is 3.31. The Hall–Kier alpha value is -3.00. The van der Waals surface area contributed by atoms with Gasteiger partial charge in [-0.05, 0) is 31.4 Å². The molecule has 2 aromatic carbocycles. The van der Waals surface area contributed by atoms with E-state index in [2.05, 4.69) is 20.5 Å². The number of ether oxygens (including phenoxy) is 3.